The van der Waals surface area contributed by atoms with Gasteiger partial charge in [-0.2, -0.15) is 0 Å². The molecular formula is C16H15N3O4. The number of nitrogen functional groups attached to an aromatic ring is 1. The number of nitroso groups, excluding NO2 is 1. The van der Waals surface area contributed by atoms with Crippen LogP contribution in [0.2, 0.25) is 0 Å². The monoisotopic (exact) mass is 313 g/mol. The highest BCUT2D eigenvalue weighted by Gasteiger charge is 2.21. The van der Waals surface area contributed by atoms with Gasteiger partial charge in [0.1, 0.15) is 11.7 Å². The Morgan fingerprint density at radius 3 is 2.22 bits per heavy atom. The summed E-state index contributed by atoms with van der Waals surface area (Å²) in [5.74, 6) is -1.67. The molecule has 1 amide bonds. The van der Waals surface area contributed by atoms with Crippen LogP contribution in [0.1, 0.15) is 15.9 Å². The molecule has 0 aliphatic heterocycles. The number of nitrogens with two attached hydrogens (primary N) is 1. The third-order valence-corrected chi connectivity index (χ3v) is 3.26. The van der Waals surface area contributed by atoms with E-state index in [1.54, 1.807) is 24.3 Å². The van der Waals surface area contributed by atoms with Crippen LogP contribution in [-0.2, 0) is 11.2 Å². The lowest BCUT2D eigenvalue weighted by atomic mass is 10.0. The van der Waals surface area contributed by atoms with Crippen LogP contribution in [-0.4, -0.2) is 23.0 Å². The summed E-state index contributed by atoms with van der Waals surface area (Å²) in [6.07, 6.45) is 0.134. The fraction of sp³-hybridized carbons (Fsp3) is 0.125. The van der Waals surface area contributed by atoms with Crippen LogP contribution in [0.15, 0.2) is 53.7 Å². The Labute approximate surface area is 132 Å². The number of anilines is 1. The van der Waals surface area contributed by atoms with E-state index in [1.165, 1.54) is 24.3 Å². The van der Waals surface area contributed by atoms with E-state index in [4.69, 9.17) is 5.73 Å². The number of benzene rings is 2. The fourth-order valence-corrected chi connectivity index (χ4v) is 2.00. The number of hydrogen-bond donors (Lipinski definition) is 3. The minimum Gasteiger partial charge on any atom is -0.480 e. The van der Waals surface area contributed by atoms with E-state index in [1.807, 2.05) is 0 Å². The molecule has 1 unspecified atom stereocenters. The van der Waals surface area contributed by atoms with E-state index < -0.39 is 17.9 Å². The van der Waals surface area contributed by atoms with Crippen molar-refractivity contribution in [2.45, 2.75) is 12.5 Å². The maximum Gasteiger partial charge on any atom is 0.326 e. The Hall–Kier alpha value is -3.22. The van der Waals surface area contributed by atoms with E-state index in [0.717, 1.165) is 5.56 Å². The average Bonchev–Trinajstić information content (AvgIpc) is 2.56. The maximum absolute atomic E-state index is 12.1. The molecule has 7 heteroatoms. The first kappa shape index (κ1) is 16.2. The van der Waals surface area contributed by atoms with Gasteiger partial charge in [0, 0.05) is 17.7 Å². The molecule has 0 aliphatic rings. The first-order chi connectivity index (χ1) is 11.0. The summed E-state index contributed by atoms with van der Waals surface area (Å²) in [6, 6.07) is 11.3. The second kappa shape index (κ2) is 7.17. The van der Waals surface area contributed by atoms with Gasteiger partial charge in [0.25, 0.3) is 5.91 Å². The summed E-state index contributed by atoms with van der Waals surface area (Å²) in [4.78, 5) is 33.8. The van der Waals surface area contributed by atoms with Gasteiger partial charge in [0.05, 0.1) is 0 Å². The molecule has 2 rings (SSSR count). The highest BCUT2D eigenvalue weighted by atomic mass is 16.4. The topological polar surface area (TPSA) is 122 Å². The molecule has 0 saturated carbocycles. The standard InChI is InChI=1S/C16H15N3O4/c17-12-5-1-10(2-6-12)9-14(16(21)22)18-15(20)11-3-7-13(19-23)8-4-11/h1-8,14H,9,17H2,(H,18,20)(H,21,22). The largest absolute Gasteiger partial charge is 0.480 e. The molecule has 23 heavy (non-hydrogen) atoms. The van der Waals surface area contributed by atoms with Crippen molar-refractivity contribution in [3.63, 3.8) is 0 Å². The zero-order chi connectivity index (χ0) is 16.8. The van der Waals surface area contributed by atoms with Crippen molar-refractivity contribution in [1.82, 2.24) is 5.32 Å². The summed E-state index contributed by atoms with van der Waals surface area (Å²) in [6.45, 7) is 0. The summed E-state index contributed by atoms with van der Waals surface area (Å²) in [5.41, 5.74) is 7.35. The van der Waals surface area contributed by atoms with Crippen molar-refractivity contribution in [3.05, 3.63) is 64.6 Å². The summed E-state index contributed by atoms with van der Waals surface area (Å²) in [7, 11) is 0. The van der Waals surface area contributed by atoms with Gasteiger partial charge in [0.15, 0.2) is 0 Å². The molecular weight excluding hydrogens is 298 g/mol. The van der Waals surface area contributed by atoms with E-state index in [0.29, 0.717) is 5.69 Å². The lowest BCUT2D eigenvalue weighted by molar-refractivity contribution is -0.139. The highest BCUT2D eigenvalue weighted by Crippen LogP contribution is 2.13. The smallest absolute Gasteiger partial charge is 0.326 e. The molecule has 7 nitrogen and oxygen atoms in total. The number of carboxylic acid groups (broad SMARTS) is 1. The second-order valence-corrected chi connectivity index (χ2v) is 4.95. The number of carbonyl (C=O) groups is 2. The maximum atomic E-state index is 12.1. The Morgan fingerprint density at radius 1 is 1.09 bits per heavy atom. The number of nitrogens with zero attached hydrogens (tertiary/aromatic N) is 1. The van der Waals surface area contributed by atoms with E-state index >= 15 is 0 Å². The summed E-state index contributed by atoms with van der Waals surface area (Å²) in [5, 5.41) is 14.5. The van der Waals surface area contributed by atoms with Crippen molar-refractivity contribution >= 4 is 23.3 Å². The van der Waals surface area contributed by atoms with E-state index in [-0.39, 0.29) is 17.7 Å². The van der Waals surface area contributed by atoms with Crippen LogP contribution < -0.4 is 11.1 Å². The third kappa shape index (κ3) is 4.37. The predicted molar refractivity (Wildman–Crippen MR) is 85.3 cm³/mol. The molecule has 0 aliphatic carbocycles. The summed E-state index contributed by atoms with van der Waals surface area (Å²) >= 11 is 0. The zero-order valence-electron chi connectivity index (χ0n) is 12.1. The minimum atomic E-state index is -1.14. The van der Waals surface area contributed by atoms with Crippen molar-refractivity contribution in [2.75, 3.05) is 5.73 Å². The van der Waals surface area contributed by atoms with Crippen molar-refractivity contribution < 1.29 is 14.7 Å². The lowest BCUT2D eigenvalue weighted by Crippen LogP contribution is -2.42. The number of carbonyl (C=O) groups excluding carboxylic acids is 1. The first-order valence-electron chi connectivity index (χ1n) is 6.81. The Balaban J connectivity index is 2.08. The van der Waals surface area contributed by atoms with Gasteiger partial charge in [-0.15, -0.1) is 4.91 Å². The van der Waals surface area contributed by atoms with Gasteiger partial charge >= 0.3 is 5.97 Å². The molecule has 118 valence electrons. The van der Waals surface area contributed by atoms with Gasteiger partial charge in [-0.05, 0) is 47.1 Å². The Kier molecular flexibility index (Phi) is 5.03. The molecule has 2 aromatic carbocycles. The first-order valence-corrected chi connectivity index (χ1v) is 6.81. The van der Waals surface area contributed by atoms with Gasteiger partial charge in [-0.25, -0.2) is 4.79 Å². The van der Waals surface area contributed by atoms with Crippen LogP contribution in [0.25, 0.3) is 0 Å². The minimum absolute atomic E-state index is 0.134. The zero-order valence-corrected chi connectivity index (χ0v) is 12.1. The molecule has 0 saturated heterocycles. The predicted octanol–water partition coefficient (Wildman–Crippen LogP) is 2.09. The molecule has 0 heterocycles. The van der Waals surface area contributed by atoms with Gasteiger partial charge in [0.2, 0.25) is 0 Å². The van der Waals surface area contributed by atoms with Crippen LogP contribution in [0.3, 0.4) is 0 Å². The molecule has 0 aromatic heterocycles. The number of hydrogen-bond acceptors (Lipinski definition) is 5. The van der Waals surface area contributed by atoms with Crippen LogP contribution in [0, 0.1) is 4.91 Å². The van der Waals surface area contributed by atoms with Gasteiger partial charge in [-0.1, -0.05) is 12.1 Å². The number of aliphatic carboxylic acids is 1. The SMILES string of the molecule is Nc1ccc(CC(NC(=O)c2ccc(N=O)cc2)C(=O)O)cc1. The van der Waals surface area contributed by atoms with Crippen LogP contribution >= 0.6 is 0 Å². The normalized spacial score (nSPS) is 11.5. The third-order valence-electron chi connectivity index (χ3n) is 3.26. The van der Waals surface area contributed by atoms with Crippen LogP contribution in [0.4, 0.5) is 11.4 Å². The molecule has 0 fully saturated rings. The average molecular weight is 313 g/mol. The molecule has 0 spiro atoms. The Morgan fingerprint density at radius 2 is 1.70 bits per heavy atom. The quantitative estimate of drug-likeness (QED) is 0.557. The van der Waals surface area contributed by atoms with Crippen molar-refractivity contribution in [3.8, 4) is 0 Å². The summed E-state index contributed by atoms with van der Waals surface area (Å²) < 4.78 is 0. The van der Waals surface area contributed by atoms with Gasteiger partial charge in [-0.3, -0.25) is 4.79 Å². The van der Waals surface area contributed by atoms with Crippen molar-refractivity contribution in [1.29, 1.82) is 0 Å². The molecule has 0 radical (unpaired) electrons. The number of rotatable bonds is 6. The van der Waals surface area contributed by atoms with E-state index in [2.05, 4.69) is 10.5 Å². The fourth-order valence-electron chi connectivity index (χ4n) is 2.00. The van der Waals surface area contributed by atoms with Crippen LogP contribution in [0.5, 0.6) is 0 Å². The highest BCUT2D eigenvalue weighted by molar-refractivity contribution is 5.96. The molecule has 4 N–H and O–H groups in total. The molecule has 0 bridgehead atoms. The Bertz CT molecular complexity index is 711. The number of carboxylic acids is 1. The molecule has 2 aromatic rings. The number of amides is 1. The lowest BCUT2D eigenvalue weighted by Gasteiger charge is -2.15. The van der Waals surface area contributed by atoms with Crippen molar-refractivity contribution in [2.24, 2.45) is 5.18 Å². The number of nitrogens with one attached hydrogen (secondary N) is 1. The second-order valence-electron chi connectivity index (χ2n) is 4.95. The molecule has 1 atom stereocenters. The van der Waals surface area contributed by atoms with E-state index in [9.17, 15) is 19.6 Å². The van der Waals surface area contributed by atoms with Gasteiger partial charge < -0.3 is 16.2 Å².